The highest BCUT2D eigenvalue weighted by atomic mass is 15.0. The summed E-state index contributed by atoms with van der Waals surface area (Å²) in [7, 11) is 0. The van der Waals surface area contributed by atoms with Gasteiger partial charge in [-0.25, -0.2) is 4.98 Å². The van der Waals surface area contributed by atoms with Crippen molar-refractivity contribution in [3.05, 3.63) is 41.3 Å². The van der Waals surface area contributed by atoms with Crippen LogP contribution < -0.4 is 11.1 Å². The van der Waals surface area contributed by atoms with Crippen LogP contribution in [-0.2, 0) is 0 Å². The second kappa shape index (κ2) is 4.41. The van der Waals surface area contributed by atoms with Crippen molar-refractivity contribution in [3.8, 4) is 0 Å². The van der Waals surface area contributed by atoms with E-state index in [2.05, 4.69) is 15.3 Å². The lowest BCUT2D eigenvalue weighted by Crippen LogP contribution is -2.00. The van der Waals surface area contributed by atoms with E-state index in [-0.39, 0.29) is 0 Å². The van der Waals surface area contributed by atoms with E-state index < -0.39 is 0 Å². The Morgan fingerprint density at radius 3 is 2.59 bits per heavy atom. The Hall–Kier alpha value is -2.10. The van der Waals surface area contributed by atoms with Crippen LogP contribution in [0, 0.1) is 20.8 Å². The molecule has 4 heteroatoms. The van der Waals surface area contributed by atoms with Crippen molar-refractivity contribution < 1.29 is 0 Å². The average molecular weight is 228 g/mol. The standard InChI is InChI=1S/C13H16N4/c1-8-6-13(15-7-11(8)14)17-12-5-4-9(2)16-10(12)3/h4-7H,14H2,1-3H3,(H,15,17). The van der Waals surface area contributed by atoms with Crippen LogP contribution in [0.5, 0.6) is 0 Å². The van der Waals surface area contributed by atoms with Crippen LogP contribution in [0.4, 0.5) is 17.2 Å². The minimum Gasteiger partial charge on any atom is -0.397 e. The van der Waals surface area contributed by atoms with Gasteiger partial charge in [0.15, 0.2) is 0 Å². The first-order valence-electron chi connectivity index (χ1n) is 5.49. The Kier molecular flexibility index (Phi) is 2.95. The van der Waals surface area contributed by atoms with E-state index in [1.807, 2.05) is 39.0 Å². The molecule has 2 aromatic rings. The molecule has 0 aliphatic heterocycles. The average Bonchev–Trinajstić information content (AvgIpc) is 2.27. The molecular formula is C13H16N4. The molecule has 0 amide bonds. The van der Waals surface area contributed by atoms with Gasteiger partial charge in [0.2, 0.25) is 0 Å². The van der Waals surface area contributed by atoms with Gasteiger partial charge >= 0.3 is 0 Å². The van der Waals surface area contributed by atoms with Crippen LogP contribution in [-0.4, -0.2) is 9.97 Å². The summed E-state index contributed by atoms with van der Waals surface area (Å²) in [6, 6.07) is 5.90. The van der Waals surface area contributed by atoms with E-state index in [1.165, 1.54) is 0 Å². The summed E-state index contributed by atoms with van der Waals surface area (Å²) >= 11 is 0. The molecule has 0 fully saturated rings. The van der Waals surface area contributed by atoms with Gasteiger partial charge in [-0.15, -0.1) is 0 Å². The smallest absolute Gasteiger partial charge is 0.130 e. The summed E-state index contributed by atoms with van der Waals surface area (Å²) in [6.07, 6.45) is 1.66. The van der Waals surface area contributed by atoms with Crippen LogP contribution in [0.25, 0.3) is 0 Å². The lowest BCUT2D eigenvalue weighted by atomic mass is 10.2. The molecule has 2 heterocycles. The number of aromatic nitrogens is 2. The number of anilines is 3. The highest BCUT2D eigenvalue weighted by Gasteiger charge is 2.02. The summed E-state index contributed by atoms with van der Waals surface area (Å²) in [6.45, 7) is 5.91. The van der Waals surface area contributed by atoms with Crippen molar-refractivity contribution in [1.29, 1.82) is 0 Å². The molecule has 0 spiro atoms. The maximum absolute atomic E-state index is 5.73. The van der Waals surface area contributed by atoms with Gasteiger partial charge in [-0.1, -0.05) is 0 Å². The molecule has 88 valence electrons. The third-order valence-electron chi connectivity index (χ3n) is 2.64. The van der Waals surface area contributed by atoms with Gasteiger partial charge < -0.3 is 11.1 Å². The second-order valence-electron chi connectivity index (χ2n) is 4.14. The van der Waals surface area contributed by atoms with Crippen molar-refractivity contribution >= 4 is 17.2 Å². The predicted octanol–water partition coefficient (Wildman–Crippen LogP) is 2.73. The molecule has 0 aromatic carbocycles. The molecular weight excluding hydrogens is 212 g/mol. The fourth-order valence-corrected chi connectivity index (χ4v) is 1.59. The first-order valence-corrected chi connectivity index (χ1v) is 5.49. The molecule has 0 saturated heterocycles. The fraction of sp³-hybridized carbons (Fsp3) is 0.231. The van der Waals surface area contributed by atoms with Gasteiger partial charge in [0.25, 0.3) is 0 Å². The Bertz CT molecular complexity index is 549. The summed E-state index contributed by atoms with van der Waals surface area (Å²) in [5.74, 6) is 0.783. The maximum atomic E-state index is 5.73. The number of nitrogens with zero attached hydrogens (tertiary/aromatic N) is 2. The molecule has 2 rings (SSSR count). The van der Waals surface area contributed by atoms with E-state index >= 15 is 0 Å². The lowest BCUT2D eigenvalue weighted by molar-refractivity contribution is 1.12. The number of rotatable bonds is 2. The number of aryl methyl sites for hydroxylation is 3. The van der Waals surface area contributed by atoms with E-state index in [0.717, 1.165) is 28.5 Å². The minimum atomic E-state index is 0.703. The molecule has 0 saturated carbocycles. The second-order valence-corrected chi connectivity index (χ2v) is 4.14. The third kappa shape index (κ3) is 2.53. The highest BCUT2D eigenvalue weighted by Crippen LogP contribution is 2.20. The quantitative estimate of drug-likeness (QED) is 0.829. The predicted molar refractivity (Wildman–Crippen MR) is 70.4 cm³/mol. The first-order chi connectivity index (χ1) is 8.06. The van der Waals surface area contributed by atoms with Crippen LogP contribution in [0.3, 0.4) is 0 Å². The normalized spacial score (nSPS) is 10.3. The van der Waals surface area contributed by atoms with Crippen LogP contribution in [0.2, 0.25) is 0 Å². The van der Waals surface area contributed by atoms with Crippen LogP contribution in [0.15, 0.2) is 24.4 Å². The van der Waals surface area contributed by atoms with Gasteiger partial charge in [-0.05, 0) is 44.5 Å². The van der Waals surface area contributed by atoms with Crippen LogP contribution in [0.1, 0.15) is 17.0 Å². The van der Waals surface area contributed by atoms with Gasteiger partial charge in [0.05, 0.1) is 23.3 Å². The van der Waals surface area contributed by atoms with E-state index in [4.69, 9.17) is 5.73 Å². The number of nitrogens with one attached hydrogen (secondary N) is 1. The van der Waals surface area contributed by atoms with Crippen LogP contribution >= 0.6 is 0 Å². The molecule has 0 atom stereocenters. The summed E-state index contributed by atoms with van der Waals surface area (Å²) in [4.78, 5) is 8.63. The molecule has 4 nitrogen and oxygen atoms in total. The molecule has 3 N–H and O–H groups in total. The van der Waals surface area contributed by atoms with Crippen molar-refractivity contribution in [3.63, 3.8) is 0 Å². The summed E-state index contributed by atoms with van der Waals surface area (Å²) < 4.78 is 0. The SMILES string of the molecule is Cc1ccc(Nc2cc(C)c(N)cn2)c(C)n1. The first kappa shape index (κ1) is 11.4. The van der Waals surface area contributed by atoms with E-state index in [9.17, 15) is 0 Å². The molecule has 0 aliphatic rings. The Morgan fingerprint density at radius 2 is 1.94 bits per heavy atom. The maximum Gasteiger partial charge on any atom is 0.130 e. The third-order valence-corrected chi connectivity index (χ3v) is 2.64. The number of nitrogens with two attached hydrogens (primary N) is 1. The molecule has 0 bridgehead atoms. The number of nitrogen functional groups attached to an aromatic ring is 1. The molecule has 17 heavy (non-hydrogen) atoms. The van der Waals surface area contributed by atoms with Gasteiger partial charge in [-0.3, -0.25) is 4.98 Å². The Morgan fingerprint density at radius 1 is 1.18 bits per heavy atom. The number of hydrogen-bond donors (Lipinski definition) is 2. The van der Waals surface area contributed by atoms with Crippen molar-refractivity contribution in [1.82, 2.24) is 9.97 Å². The lowest BCUT2D eigenvalue weighted by Gasteiger charge is -2.10. The fourth-order valence-electron chi connectivity index (χ4n) is 1.59. The van der Waals surface area contributed by atoms with Gasteiger partial charge in [0, 0.05) is 5.69 Å². The zero-order chi connectivity index (χ0) is 12.4. The van der Waals surface area contributed by atoms with Crippen molar-refractivity contribution in [2.24, 2.45) is 0 Å². The topological polar surface area (TPSA) is 63.8 Å². The zero-order valence-corrected chi connectivity index (χ0v) is 10.3. The summed E-state index contributed by atoms with van der Waals surface area (Å²) in [5, 5.41) is 3.24. The minimum absolute atomic E-state index is 0.703. The van der Waals surface area contributed by atoms with Crippen molar-refractivity contribution in [2.45, 2.75) is 20.8 Å². The van der Waals surface area contributed by atoms with Crippen molar-refractivity contribution in [2.75, 3.05) is 11.1 Å². The highest BCUT2D eigenvalue weighted by molar-refractivity contribution is 5.61. The van der Waals surface area contributed by atoms with E-state index in [1.54, 1.807) is 6.20 Å². The van der Waals surface area contributed by atoms with E-state index in [0.29, 0.717) is 5.69 Å². The Labute approximate surface area is 101 Å². The molecule has 0 radical (unpaired) electrons. The number of hydrogen-bond acceptors (Lipinski definition) is 4. The monoisotopic (exact) mass is 228 g/mol. The largest absolute Gasteiger partial charge is 0.397 e. The zero-order valence-electron chi connectivity index (χ0n) is 10.3. The Balaban J connectivity index is 2.28. The van der Waals surface area contributed by atoms with Gasteiger partial charge in [0.1, 0.15) is 5.82 Å². The molecule has 0 aliphatic carbocycles. The summed E-state index contributed by atoms with van der Waals surface area (Å²) in [5.41, 5.74) is 10.4. The molecule has 2 aromatic heterocycles. The van der Waals surface area contributed by atoms with Gasteiger partial charge in [-0.2, -0.15) is 0 Å². The molecule has 0 unspecified atom stereocenters. The number of pyridine rings is 2.